The maximum atomic E-state index is 11.7. The third-order valence-electron chi connectivity index (χ3n) is 2.42. The second-order valence-corrected chi connectivity index (χ2v) is 5.29. The molecule has 0 aromatic carbocycles. The van der Waals surface area contributed by atoms with Gasteiger partial charge < -0.3 is 19.1 Å². The van der Waals surface area contributed by atoms with E-state index in [4.69, 9.17) is 14.2 Å². The van der Waals surface area contributed by atoms with Gasteiger partial charge in [0.1, 0.15) is 5.60 Å². The predicted molar refractivity (Wildman–Crippen MR) is 67.5 cm³/mol. The van der Waals surface area contributed by atoms with Crippen molar-refractivity contribution in [2.75, 3.05) is 20.2 Å². The van der Waals surface area contributed by atoms with Gasteiger partial charge >= 0.3 is 12.2 Å². The molecule has 0 aliphatic carbocycles. The Bertz CT molecular complexity index is 321. The summed E-state index contributed by atoms with van der Waals surface area (Å²) >= 11 is 0. The molecule has 0 radical (unpaired) electrons. The molecule has 19 heavy (non-hydrogen) atoms. The molecule has 0 spiro atoms. The van der Waals surface area contributed by atoms with Gasteiger partial charge in [-0.25, -0.2) is 9.59 Å². The van der Waals surface area contributed by atoms with Crippen molar-refractivity contribution >= 4 is 12.2 Å². The van der Waals surface area contributed by atoms with E-state index in [1.165, 1.54) is 7.11 Å². The van der Waals surface area contributed by atoms with E-state index < -0.39 is 24.2 Å². The number of carbonyl (C=O) groups excluding carboxylic acids is 2. The molecular formula is C12H22N2O5. The fraction of sp³-hybridized carbons (Fsp3) is 0.833. The van der Waals surface area contributed by atoms with Gasteiger partial charge in [0.25, 0.3) is 6.41 Å². The third kappa shape index (κ3) is 5.78. The van der Waals surface area contributed by atoms with Crippen LogP contribution in [0.2, 0.25) is 0 Å². The normalized spacial score (nSPS) is 16.9. The molecule has 7 heteroatoms. The van der Waals surface area contributed by atoms with Crippen molar-refractivity contribution in [3.8, 4) is 0 Å². The number of hydrogen-bond acceptors (Lipinski definition) is 5. The fourth-order valence-corrected chi connectivity index (χ4v) is 1.61. The maximum Gasteiger partial charge on any atom is 0.413 e. The van der Waals surface area contributed by atoms with Crippen molar-refractivity contribution in [2.45, 2.75) is 45.6 Å². The zero-order chi connectivity index (χ0) is 14.5. The van der Waals surface area contributed by atoms with E-state index in [-0.39, 0.29) is 0 Å². The van der Waals surface area contributed by atoms with Gasteiger partial charge in [-0.05, 0) is 33.6 Å². The van der Waals surface area contributed by atoms with Crippen molar-refractivity contribution < 1.29 is 23.8 Å². The first-order chi connectivity index (χ1) is 8.81. The van der Waals surface area contributed by atoms with E-state index in [9.17, 15) is 9.59 Å². The molecule has 1 atom stereocenters. The summed E-state index contributed by atoms with van der Waals surface area (Å²) in [6, 6.07) is 0. The van der Waals surface area contributed by atoms with Crippen LogP contribution in [0.15, 0.2) is 0 Å². The average molecular weight is 274 g/mol. The lowest BCUT2D eigenvalue weighted by molar-refractivity contribution is -0.108. The van der Waals surface area contributed by atoms with Crippen LogP contribution in [0, 0.1) is 0 Å². The number of nitrogens with one attached hydrogen (secondary N) is 1. The molecule has 0 aromatic heterocycles. The number of amides is 2. The molecule has 1 N–H and O–H groups in total. The molecule has 1 heterocycles. The van der Waals surface area contributed by atoms with Gasteiger partial charge in [0.2, 0.25) is 0 Å². The van der Waals surface area contributed by atoms with Crippen molar-refractivity contribution in [2.24, 2.45) is 0 Å². The average Bonchev–Trinajstić information content (AvgIpc) is 2.78. The molecule has 1 rings (SSSR count). The van der Waals surface area contributed by atoms with Gasteiger partial charge in [0.05, 0.1) is 0 Å². The number of nitrogens with zero attached hydrogens (tertiary/aromatic N) is 1. The summed E-state index contributed by atoms with van der Waals surface area (Å²) in [4.78, 5) is 24.8. The molecule has 1 unspecified atom stereocenters. The highest BCUT2D eigenvalue weighted by Crippen LogP contribution is 2.10. The van der Waals surface area contributed by atoms with Crippen molar-refractivity contribution in [3.63, 3.8) is 0 Å². The predicted octanol–water partition coefficient (Wildman–Crippen LogP) is 1.67. The van der Waals surface area contributed by atoms with Crippen LogP contribution >= 0.6 is 0 Å². The Labute approximate surface area is 113 Å². The first kappa shape index (κ1) is 15.6. The maximum absolute atomic E-state index is 11.7. The zero-order valence-corrected chi connectivity index (χ0v) is 11.9. The molecule has 1 aliphatic rings. The number of methoxy groups -OCH3 is 1. The highest BCUT2D eigenvalue weighted by atomic mass is 16.7. The van der Waals surface area contributed by atoms with E-state index in [0.717, 1.165) is 12.8 Å². The molecule has 1 saturated heterocycles. The fourth-order valence-electron chi connectivity index (χ4n) is 1.61. The number of carbonyl (C=O) groups is 2. The van der Waals surface area contributed by atoms with E-state index in [1.807, 2.05) is 0 Å². The molecular weight excluding hydrogens is 252 g/mol. The lowest BCUT2D eigenvalue weighted by Gasteiger charge is -2.24. The highest BCUT2D eigenvalue weighted by Gasteiger charge is 2.25. The molecule has 0 aromatic rings. The Morgan fingerprint density at radius 3 is 2.26 bits per heavy atom. The summed E-state index contributed by atoms with van der Waals surface area (Å²) in [6.45, 7) is 6.56. The monoisotopic (exact) mass is 274 g/mol. The topological polar surface area (TPSA) is 77.1 Å². The summed E-state index contributed by atoms with van der Waals surface area (Å²) in [5.41, 5.74) is -0.624. The zero-order valence-electron chi connectivity index (χ0n) is 11.9. The SMILES string of the molecule is COC(NC(=O)OC(C)(C)C)OC(=O)N1CCCC1. The number of ether oxygens (including phenoxy) is 3. The highest BCUT2D eigenvalue weighted by molar-refractivity contribution is 5.70. The van der Waals surface area contributed by atoms with Gasteiger partial charge in [-0.2, -0.15) is 0 Å². The van der Waals surface area contributed by atoms with Crippen LogP contribution in [0.5, 0.6) is 0 Å². The van der Waals surface area contributed by atoms with Gasteiger partial charge in [0.15, 0.2) is 0 Å². The van der Waals surface area contributed by atoms with E-state index in [0.29, 0.717) is 13.1 Å². The van der Waals surface area contributed by atoms with Crippen LogP contribution < -0.4 is 5.32 Å². The summed E-state index contributed by atoms with van der Waals surface area (Å²) in [5.74, 6) is 0. The van der Waals surface area contributed by atoms with Crippen LogP contribution in [0.4, 0.5) is 9.59 Å². The minimum atomic E-state index is -1.15. The molecule has 1 aliphatic heterocycles. The summed E-state index contributed by atoms with van der Waals surface area (Å²) in [5, 5.41) is 2.32. The number of likely N-dealkylation sites (tertiary alicyclic amines) is 1. The van der Waals surface area contributed by atoms with Crippen LogP contribution in [-0.4, -0.2) is 49.3 Å². The van der Waals surface area contributed by atoms with Gasteiger partial charge in [-0.3, -0.25) is 5.32 Å². The van der Waals surface area contributed by atoms with E-state index in [2.05, 4.69) is 5.32 Å². The minimum Gasteiger partial charge on any atom is -0.444 e. The number of hydrogen-bond donors (Lipinski definition) is 1. The summed E-state index contributed by atoms with van der Waals surface area (Å²) in [7, 11) is 1.33. The number of alkyl carbamates (subject to hydrolysis) is 1. The Morgan fingerprint density at radius 1 is 1.21 bits per heavy atom. The second kappa shape index (κ2) is 6.60. The lowest BCUT2D eigenvalue weighted by atomic mass is 10.2. The molecule has 0 bridgehead atoms. The van der Waals surface area contributed by atoms with Crippen molar-refractivity contribution in [1.29, 1.82) is 0 Å². The van der Waals surface area contributed by atoms with Gasteiger partial charge in [0, 0.05) is 20.2 Å². The second-order valence-electron chi connectivity index (χ2n) is 5.29. The van der Waals surface area contributed by atoms with Gasteiger partial charge in [-0.1, -0.05) is 0 Å². The molecule has 110 valence electrons. The minimum absolute atomic E-state index is 0.500. The molecule has 2 amide bonds. The Morgan fingerprint density at radius 2 is 1.79 bits per heavy atom. The van der Waals surface area contributed by atoms with Crippen LogP contribution in [0.3, 0.4) is 0 Å². The summed E-state index contributed by atoms with van der Waals surface area (Å²) < 4.78 is 14.9. The first-order valence-corrected chi connectivity index (χ1v) is 6.30. The third-order valence-corrected chi connectivity index (χ3v) is 2.42. The standard InChI is InChI=1S/C12H22N2O5/c1-12(2,3)19-9(15)13-10(17-4)18-11(16)14-7-5-6-8-14/h10H,5-8H2,1-4H3,(H,13,15). The summed E-state index contributed by atoms with van der Waals surface area (Å²) in [6.07, 6.45) is -0.421. The Kier molecular flexibility index (Phi) is 5.41. The van der Waals surface area contributed by atoms with Crippen molar-refractivity contribution in [1.82, 2.24) is 10.2 Å². The van der Waals surface area contributed by atoms with Crippen LogP contribution in [0.25, 0.3) is 0 Å². The van der Waals surface area contributed by atoms with Crippen LogP contribution in [-0.2, 0) is 14.2 Å². The van der Waals surface area contributed by atoms with E-state index in [1.54, 1.807) is 25.7 Å². The quantitative estimate of drug-likeness (QED) is 0.792. The Balaban J connectivity index is 2.40. The molecule has 7 nitrogen and oxygen atoms in total. The Hall–Kier alpha value is -1.50. The molecule has 0 saturated carbocycles. The van der Waals surface area contributed by atoms with E-state index >= 15 is 0 Å². The first-order valence-electron chi connectivity index (χ1n) is 6.30. The van der Waals surface area contributed by atoms with Crippen LogP contribution in [0.1, 0.15) is 33.6 Å². The number of rotatable bonds is 3. The largest absolute Gasteiger partial charge is 0.444 e. The smallest absolute Gasteiger partial charge is 0.413 e. The molecule has 1 fully saturated rings. The van der Waals surface area contributed by atoms with Gasteiger partial charge in [-0.15, -0.1) is 0 Å². The van der Waals surface area contributed by atoms with Crippen molar-refractivity contribution in [3.05, 3.63) is 0 Å². The lowest BCUT2D eigenvalue weighted by Crippen LogP contribution is -2.44.